The van der Waals surface area contributed by atoms with Crippen LogP contribution < -0.4 is 0 Å². The number of carbonyl (C=O) groups excluding carboxylic acids is 1. The van der Waals surface area contributed by atoms with Gasteiger partial charge in [0.1, 0.15) is 0 Å². The van der Waals surface area contributed by atoms with E-state index in [0.29, 0.717) is 18.4 Å². The van der Waals surface area contributed by atoms with Crippen molar-refractivity contribution in [3.8, 4) is 0 Å². The number of hydrogen-bond acceptors (Lipinski definition) is 2. The van der Waals surface area contributed by atoms with Crippen LogP contribution in [0.2, 0.25) is 0 Å². The molecule has 1 saturated carbocycles. The molecule has 0 aromatic carbocycles. The van der Waals surface area contributed by atoms with Gasteiger partial charge in [-0.1, -0.05) is 25.5 Å². The highest BCUT2D eigenvalue weighted by molar-refractivity contribution is 5.79. The summed E-state index contributed by atoms with van der Waals surface area (Å²) in [5, 5.41) is 0. The first-order valence-corrected chi connectivity index (χ1v) is 6.04. The molecule has 84 valence electrons. The summed E-state index contributed by atoms with van der Waals surface area (Å²) in [5.41, 5.74) is -0.272. The van der Waals surface area contributed by atoms with E-state index in [1.807, 2.05) is 6.92 Å². The molecule has 2 aliphatic rings. The van der Waals surface area contributed by atoms with Crippen LogP contribution in [0, 0.1) is 17.3 Å². The van der Waals surface area contributed by atoms with Crippen molar-refractivity contribution in [2.45, 2.75) is 39.5 Å². The minimum atomic E-state index is -0.272. The van der Waals surface area contributed by atoms with Gasteiger partial charge in [-0.3, -0.25) is 4.79 Å². The van der Waals surface area contributed by atoms with E-state index in [9.17, 15) is 4.79 Å². The van der Waals surface area contributed by atoms with Gasteiger partial charge in [-0.25, -0.2) is 0 Å². The van der Waals surface area contributed by atoms with E-state index in [1.54, 1.807) is 0 Å². The standard InChI is InChI=1S/C13H20O2/c1-3-15-12(14)13-7-4-5-11(9-13)10(2)6-8-13/h6,8,10-11H,3-5,7,9H2,1-2H3/t10-,11+,13-/m0/s1. The first-order chi connectivity index (χ1) is 7.18. The second-order valence-corrected chi connectivity index (χ2v) is 4.95. The number of rotatable bonds is 2. The molecule has 2 rings (SSSR count). The number of allylic oxidation sites excluding steroid dienone is 1. The van der Waals surface area contributed by atoms with Crippen molar-refractivity contribution in [3.63, 3.8) is 0 Å². The van der Waals surface area contributed by atoms with Crippen LogP contribution in [0.4, 0.5) is 0 Å². The number of esters is 1. The molecule has 2 bridgehead atoms. The lowest BCUT2D eigenvalue weighted by molar-refractivity contribution is -0.155. The molecule has 0 spiro atoms. The Morgan fingerprint density at radius 1 is 1.60 bits per heavy atom. The van der Waals surface area contributed by atoms with Crippen LogP contribution in [0.3, 0.4) is 0 Å². The van der Waals surface area contributed by atoms with E-state index in [2.05, 4.69) is 19.1 Å². The highest BCUT2D eigenvalue weighted by Crippen LogP contribution is 2.47. The topological polar surface area (TPSA) is 26.3 Å². The second-order valence-electron chi connectivity index (χ2n) is 4.95. The van der Waals surface area contributed by atoms with Crippen LogP contribution in [-0.2, 0) is 9.53 Å². The molecule has 0 aliphatic heterocycles. The summed E-state index contributed by atoms with van der Waals surface area (Å²) in [6.45, 7) is 4.63. The third kappa shape index (κ3) is 1.82. The molecule has 2 nitrogen and oxygen atoms in total. The Morgan fingerprint density at radius 2 is 2.40 bits per heavy atom. The largest absolute Gasteiger partial charge is 0.465 e. The Bertz CT molecular complexity index is 282. The molecule has 0 N–H and O–H groups in total. The van der Waals surface area contributed by atoms with E-state index in [0.717, 1.165) is 19.3 Å². The first-order valence-electron chi connectivity index (χ1n) is 6.04. The molecule has 0 amide bonds. The van der Waals surface area contributed by atoms with Crippen molar-refractivity contribution >= 4 is 5.97 Å². The second kappa shape index (κ2) is 3.99. The van der Waals surface area contributed by atoms with Crippen molar-refractivity contribution in [1.29, 1.82) is 0 Å². The van der Waals surface area contributed by atoms with E-state index in [-0.39, 0.29) is 11.4 Å². The van der Waals surface area contributed by atoms with Crippen molar-refractivity contribution in [2.75, 3.05) is 6.61 Å². The van der Waals surface area contributed by atoms with Crippen molar-refractivity contribution in [2.24, 2.45) is 17.3 Å². The van der Waals surface area contributed by atoms with Gasteiger partial charge >= 0.3 is 5.97 Å². The zero-order valence-corrected chi connectivity index (χ0v) is 9.66. The molecule has 0 saturated heterocycles. The summed E-state index contributed by atoms with van der Waals surface area (Å²) in [6, 6.07) is 0. The normalized spacial score (nSPS) is 38.8. The summed E-state index contributed by atoms with van der Waals surface area (Å²) < 4.78 is 5.20. The predicted molar refractivity (Wildman–Crippen MR) is 59.3 cm³/mol. The van der Waals surface area contributed by atoms with Gasteiger partial charge < -0.3 is 4.74 Å². The van der Waals surface area contributed by atoms with Crippen LogP contribution in [0.15, 0.2) is 12.2 Å². The maximum atomic E-state index is 12.0. The minimum absolute atomic E-state index is 0.00199. The summed E-state index contributed by atoms with van der Waals surface area (Å²) in [7, 11) is 0. The third-order valence-electron chi connectivity index (χ3n) is 3.97. The Balaban J connectivity index is 2.20. The highest BCUT2D eigenvalue weighted by atomic mass is 16.5. The third-order valence-corrected chi connectivity index (χ3v) is 3.97. The highest BCUT2D eigenvalue weighted by Gasteiger charge is 2.45. The van der Waals surface area contributed by atoms with Gasteiger partial charge in [-0.2, -0.15) is 0 Å². The summed E-state index contributed by atoms with van der Waals surface area (Å²) >= 11 is 0. The summed E-state index contributed by atoms with van der Waals surface area (Å²) in [4.78, 5) is 12.0. The predicted octanol–water partition coefficient (Wildman–Crippen LogP) is 2.93. The smallest absolute Gasteiger partial charge is 0.315 e. The van der Waals surface area contributed by atoms with Crippen LogP contribution in [-0.4, -0.2) is 12.6 Å². The SMILES string of the molecule is CCOC(=O)[C@]12C=C[C@H](C)[C@H](CCC1)C2. The fourth-order valence-corrected chi connectivity index (χ4v) is 2.97. The fourth-order valence-electron chi connectivity index (χ4n) is 2.97. The van der Waals surface area contributed by atoms with Crippen molar-refractivity contribution < 1.29 is 9.53 Å². The van der Waals surface area contributed by atoms with Crippen LogP contribution in [0.1, 0.15) is 39.5 Å². The number of ether oxygens (including phenoxy) is 1. The Morgan fingerprint density at radius 3 is 3.13 bits per heavy atom. The number of hydrogen-bond donors (Lipinski definition) is 0. The molecule has 0 unspecified atom stereocenters. The van der Waals surface area contributed by atoms with E-state index < -0.39 is 0 Å². The van der Waals surface area contributed by atoms with E-state index in [1.165, 1.54) is 6.42 Å². The molecule has 0 aromatic heterocycles. The Hall–Kier alpha value is -0.790. The lowest BCUT2D eigenvalue weighted by atomic mass is 9.62. The van der Waals surface area contributed by atoms with Crippen LogP contribution in [0.25, 0.3) is 0 Å². The molecular weight excluding hydrogens is 188 g/mol. The van der Waals surface area contributed by atoms with Gasteiger partial charge in [0.05, 0.1) is 12.0 Å². The lowest BCUT2D eigenvalue weighted by Crippen LogP contribution is -2.40. The molecule has 0 aromatic rings. The minimum Gasteiger partial charge on any atom is -0.465 e. The molecule has 2 heteroatoms. The molecule has 0 radical (unpaired) electrons. The molecule has 1 fully saturated rings. The molecule has 0 heterocycles. The van der Waals surface area contributed by atoms with Gasteiger partial charge in [0.25, 0.3) is 0 Å². The van der Waals surface area contributed by atoms with Gasteiger partial charge in [-0.05, 0) is 38.0 Å². The Kier molecular flexibility index (Phi) is 2.85. The molecule has 15 heavy (non-hydrogen) atoms. The summed E-state index contributed by atoms with van der Waals surface area (Å²) in [6.07, 6.45) is 8.75. The fraction of sp³-hybridized carbons (Fsp3) is 0.769. The quantitative estimate of drug-likeness (QED) is 0.515. The van der Waals surface area contributed by atoms with E-state index >= 15 is 0 Å². The van der Waals surface area contributed by atoms with Crippen LogP contribution in [0.5, 0.6) is 0 Å². The zero-order valence-electron chi connectivity index (χ0n) is 9.66. The maximum absolute atomic E-state index is 12.0. The molecule has 3 atom stereocenters. The number of carbonyl (C=O) groups is 1. The van der Waals surface area contributed by atoms with Gasteiger partial charge in [0, 0.05) is 0 Å². The monoisotopic (exact) mass is 208 g/mol. The zero-order chi connectivity index (χ0) is 10.9. The Labute approximate surface area is 91.7 Å². The maximum Gasteiger partial charge on any atom is 0.315 e. The lowest BCUT2D eigenvalue weighted by Gasteiger charge is -2.42. The average Bonchev–Trinajstić information content (AvgIpc) is 2.25. The molecular formula is C13H20O2. The summed E-state index contributed by atoms with van der Waals surface area (Å²) in [5.74, 6) is 1.32. The van der Waals surface area contributed by atoms with Gasteiger partial charge in [0.15, 0.2) is 0 Å². The average molecular weight is 208 g/mol. The van der Waals surface area contributed by atoms with Crippen molar-refractivity contribution in [3.05, 3.63) is 12.2 Å². The van der Waals surface area contributed by atoms with Gasteiger partial charge in [0.2, 0.25) is 0 Å². The van der Waals surface area contributed by atoms with Crippen LogP contribution >= 0.6 is 0 Å². The van der Waals surface area contributed by atoms with Crippen molar-refractivity contribution in [1.82, 2.24) is 0 Å². The first kappa shape index (κ1) is 10.7. The van der Waals surface area contributed by atoms with Gasteiger partial charge in [-0.15, -0.1) is 0 Å². The van der Waals surface area contributed by atoms with E-state index in [4.69, 9.17) is 4.74 Å². The molecule has 2 aliphatic carbocycles. The number of fused-ring (bicyclic) bond motifs is 2.